The lowest BCUT2D eigenvalue weighted by atomic mass is 9.94. The molecule has 0 nitrogen and oxygen atoms in total. The molecule has 0 saturated heterocycles. The second-order valence-corrected chi connectivity index (χ2v) is 3.47. The highest BCUT2D eigenvalue weighted by Gasteiger charge is 2.04. The highest BCUT2D eigenvalue weighted by atomic mass is 14.1. The molecule has 0 bridgehead atoms. The summed E-state index contributed by atoms with van der Waals surface area (Å²) in [6.45, 7) is 17.3. The molecule has 0 aliphatic rings. The highest BCUT2D eigenvalue weighted by molar-refractivity contribution is 5.15. The maximum Gasteiger partial charge on any atom is -0.00225 e. The van der Waals surface area contributed by atoms with Gasteiger partial charge in [-0.05, 0) is 25.7 Å². The Balaban J connectivity index is 4.16. The summed E-state index contributed by atoms with van der Waals surface area (Å²) >= 11 is 0. The van der Waals surface area contributed by atoms with E-state index < -0.39 is 0 Å². The molecule has 76 valence electrons. The normalized spacial score (nSPS) is 12.4. The van der Waals surface area contributed by atoms with E-state index in [1.54, 1.807) is 6.08 Å². The molecule has 1 atom stereocenters. The summed E-state index contributed by atoms with van der Waals surface area (Å²) in [4.78, 5) is 0. The molecule has 0 spiro atoms. The molecule has 0 aromatic rings. The Kier molecular flexibility index (Phi) is 6.47. The molecule has 14 heavy (non-hydrogen) atoms. The van der Waals surface area contributed by atoms with Crippen molar-refractivity contribution in [3.05, 3.63) is 61.8 Å². The summed E-state index contributed by atoms with van der Waals surface area (Å²) < 4.78 is 0. The zero-order valence-electron chi connectivity index (χ0n) is 9.13. The smallest absolute Gasteiger partial charge is 0.00225 e. The van der Waals surface area contributed by atoms with Gasteiger partial charge in [0.05, 0.1) is 0 Å². The first-order valence-corrected chi connectivity index (χ1v) is 4.86. The highest BCUT2D eigenvalue weighted by Crippen LogP contribution is 2.19. The quantitative estimate of drug-likeness (QED) is 0.409. The van der Waals surface area contributed by atoms with Gasteiger partial charge in [0.15, 0.2) is 0 Å². The zero-order valence-corrected chi connectivity index (χ0v) is 9.13. The summed E-state index contributed by atoms with van der Waals surface area (Å²) in [5, 5.41) is 0. The average Bonchev–Trinajstić information content (AvgIpc) is 2.16. The van der Waals surface area contributed by atoms with E-state index in [9.17, 15) is 0 Å². The largest absolute Gasteiger partial charge is 0.0995 e. The minimum absolute atomic E-state index is 0.421. The Morgan fingerprint density at radius 3 is 2.36 bits per heavy atom. The van der Waals surface area contributed by atoms with E-state index in [0.29, 0.717) is 5.92 Å². The molecule has 0 rings (SSSR count). The van der Waals surface area contributed by atoms with Crippen LogP contribution in [0.25, 0.3) is 0 Å². The van der Waals surface area contributed by atoms with Gasteiger partial charge in [-0.25, -0.2) is 0 Å². The van der Waals surface area contributed by atoms with Crippen LogP contribution in [0.15, 0.2) is 61.8 Å². The van der Waals surface area contributed by atoms with Crippen molar-refractivity contribution in [3.63, 3.8) is 0 Å². The summed E-state index contributed by atoms with van der Waals surface area (Å²) in [5.74, 6) is 0.421. The number of rotatable bonds is 7. The van der Waals surface area contributed by atoms with Crippen molar-refractivity contribution >= 4 is 0 Å². The number of allylic oxidation sites excluding steroid dienone is 6. The molecule has 1 unspecified atom stereocenters. The molecule has 0 N–H and O–H groups in total. The summed E-state index contributed by atoms with van der Waals surface area (Å²) in [7, 11) is 0. The molecule has 0 heteroatoms. The fraction of sp³-hybridized carbons (Fsp3) is 0.286. The molecule has 0 aromatic carbocycles. The monoisotopic (exact) mass is 188 g/mol. The minimum Gasteiger partial charge on any atom is -0.0995 e. The first kappa shape index (κ1) is 12.7. The van der Waals surface area contributed by atoms with Crippen molar-refractivity contribution in [1.82, 2.24) is 0 Å². The first-order valence-electron chi connectivity index (χ1n) is 4.86. The first-order chi connectivity index (χ1) is 6.61. The van der Waals surface area contributed by atoms with E-state index in [4.69, 9.17) is 0 Å². The van der Waals surface area contributed by atoms with E-state index in [2.05, 4.69) is 39.3 Å². The van der Waals surface area contributed by atoms with Crippen LogP contribution in [-0.4, -0.2) is 0 Å². The molecule has 0 fully saturated rings. The van der Waals surface area contributed by atoms with Crippen LogP contribution < -0.4 is 0 Å². The van der Waals surface area contributed by atoms with Gasteiger partial charge in [0.2, 0.25) is 0 Å². The molecule has 0 radical (unpaired) electrons. The van der Waals surface area contributed by atoms with Crippen LogP contribution in [0, 0.1) is 5.92 Å². The Morgan fingerprint density at radius 1 is 1.29 bits per heavy atom. The Labute approximate surface area is 88.0 Å². The third kappa shape index (κ3) is 5.36. The van der Waals surface area contributed by atoms with E-state index in [-0.39, 0.29) is 0 Å². The zero-order chi connectivity index (χ0) is 11.0. The van der Waals surface area contributed by atoms with Gasteiger partial charge in [0.1, 0.15) is 0 Å². The molecule has 0 aliphatic carbocycles. The molecular weight excluding hydrogens is 168 g/mol. The molecule has 0 heterocycles. The van der Waals surface area contributed by atoms with E-state index in [1.165, 1.54) is 5.57 Å². The van der Waals surface area contributed by atoms with Crippen molar-refractivity contribution in [2.24, 2.45) is 5.92 Å². The van der Waals surface area contributed by atoms with Gasteiger partial charge in [0, 0.05) is 0 Å². The van der Waals surface area contributed by atoms with Gasteiger partial charge >= 0.3 is 0 Å². The second-order valence-electron chi connectivity index (χ2n) is 3.47. The van der Waals surface area contributed by atoms with Gasteiger partial charge in [-0.15, -0.1) is 0 Å². The molecule has 0 aromatic heterocycles. The van der Waals surface area contributed by atoms with Gasteiger partial charge in [-0.1, -0.05) is 61.8 Å². The van der Waals surface area contributed by atoms with Crippen molar-refractivity contribution in [1.29, 1.82) is 0 Å². The van der Waals surface area contributed by atoms with Gasteiger partial charge in [0.25, 0.3) is 0 Å². The van der Waals surface area contributed by atoms with Crippen LogP contribution in [0.4, 0.5) is 0 Å². The number of hydrogen-bond acceptors (Lipinski definition) is 0. The van der Waals surface area contributed by atoms with Gasteiger partial charge < -0.3 is 0 Å². The van der Waals surface area contributed by atoms with Crippen LogP contribution in [0.5, 0.6) is 0 Å². The standard InChI is InChI=1S/C14H20/c1-6-8-9-14(12(3)4)11-10-13(5)7-2/h6-9,14H,1-3,5,10-11H2,4H3/b9-8-. The van der Waals surface area contributed by atoms with E-state index >= 15 is 0 Å². The lowest BCUT2D eigenvalue weighted by Gasteiger charge is -2.12. The van der Waals surface area contributed by atoms with Gasteiger partial charge in [-0.2, -0.15) is 0 Å². The third-order valence-corrected chi connectivity index (χ3v) is 2.18. The predicted molar refractivity (Wildman–Crippen MR) is 66.2 cm³/mol. The lowest BCUT2D eigenvalue weighted by Crippen LogP contribution is -1.97. The average molecular weight is 188 g/mol. The van der Waals surface area contributed by atoms with Crippen LogP contribution in [-0.2, 0) is 0 Å². The SMILES string of the molecule is C=C/C=C\C(CCC(=C)C=C)C(=C)C. The minimum atomic E-state index is 0.421. The fourth-order valence-electron chi connectivity index (χ4n) is 1.16. The molecule has 0 aliphatic heterocycles. The second kappa shape index (κ2) is 7.14. The predicted octanol–water partition coefficient (Wildman–Crippen LogP) is 4.44. The van der Waals surface area contributed by atoms with Crippen molar-refractivity contribution in [3.8, 4) is 0 Å². The van der Waals surface area contributed by atoms with Crippen LogP contribution in [0.2, 0.25) is 0 Å². The Bertz CT molecular complexity index is 253. The van der Waals surface area contributed by atoms with Crippen molar-refractivity contribution < 1.29 is 0 Å². The molecule has 0 amide bonds. The summed E-state index contributed by atoms with van der Waals surface area (Å²) in [6, 6.07) is 0. The third-order valence-electron chi connectivity index (χ3n) is 2.18. The maximum atomic E-state index is 3.97. The van der Waals surface area contributed by atoms with Crippen molar-refractivity contribution in [2.75, 3.05) is 0 Å². The fourth-order valence-corrected chi connectivity index (χ4v) is 1.16. The van der Waals surface area contributed by atoms with E-state index in [1.807, 2.05) is 12.2 Å². The number of hydrogen-bond donors (Lipinski definition) is 0. The summed E-state index contributed by atoms with van der Waals surface area (Å²) in [6.07, 6.45) is 9.72. The van der Waals surface area contributed by atoms with Crippen LogP contribution in [0.3, 0.4) is 0 Å². The van der Waals surface area contributed by atoms with Gasteiger partial charge in [-0.3, -0.25) is 0 Å². The Morgan fingerprint density at radius 2 is 1.93 bits per heavy atom. The van der Waals surface area contributed by atoms with Crippen LogP contribution >= 0.6 is 0 Å². The summed E-state index contributed by atoms with van der Waals surface area (Å²) in [5.41, 5.74) is 2.27. The topological polar surface area (TPSA) is 0 Å². The lowest BCUT2D eigenvalue weighted by molar-refractivity contribution is 0.677. The maximum absolute atomic E-state index is 3.97. The molecular formula is C14H20. The van der Waals surface area contributed by atoms with Crippen molar-refractivity contribution in [2.45, 2.75) is 19.8 Å². The van der Waals surface area contributed by atoms with E-state index in [0.717, 1.165) is 18.4 Å². The van der Waals surface area contributed by atoms with Crippen LogP contribution in [0.1, 0.15) is 19.8 Å². The Hall–Kier alpha value is -1.30. The molecule has 0 saturated carbocycles.